The average molecular weight is 195 g/mol. The van der Waals surface area contributed by atoms with E-state index in [2.05, 4.69) is 19.3 Å². The van der Waals surface area contributed by atoms with Gasteiger partial charge in [-0.3, -0.25) is 0 Å². The number of nitrogens with one attached hydrogen (secondary N) is 1. The molecule has 3 atom stereocenters. The molecule has 0 aromatic rings. The van der Waals surface area contributed by atoms with Gasteiger partial charge in [0, 0.05) is 6.04 Å². The van der Waals surface area contributed by atoms with Crippen molar-refractivity contribution < 1.29 is 0 Å². The molecule has 82 valence electrons. The second-order valence-electron chi connectivity index (χ2n) is 5.50. The van der Waals surface area contributed by atoms with Crippen LogP contribution in [0.4, 0.5) is 0 Å². The third-order valence-corrected chi connectivity index (χ3v) is 4.63. The summed E-state index contributed by atoms with van der Waals surface area (Å²) >= 11 is 0. The molecule has 2 saturated carbocycles. The highest BCUT2D eigenvalue weighted by atomic mass is 14.9. The van der Waals surface area contributed by atoms with Gasteiger partial charge < -0.3 is 5.32 Å². The van der Waals surface area contributed by atoms with Gasteiger partial charge in [-0.25, -0.2) is 0 Å². The van der Waals surface area contributed by atoms with Crippen LogP contribution in [0.1, 0.15) is 51.9 Å². The fourth-order valence-electron chi connectivity index (χ4n) is 3.37. The highest BCUT2D eigenvalue weighted by Gasteiger charge is 2.32. The molecule has 14 heavy (non-hydrogen) atoms. The number of rotatable bonds is 4. The Morgan fingerprint density at radius 2 is 1.86 bits per heavy atom. The Balaban J connectivity index is 1.84. The Morgan fingerprint density at radius 3 is 2.29 bits per heavy atom. The van der Waals surface area contributed by atoms with E-state index in [9.17, 15) is 0 Å². The van der Waals surface area contributed by atoms with E-state index in [1.807, 2.05) is 0 Å². The molecule has 3 unspecified atom stereocenters. The molecule has 1 N–H and O–H groups in total. The average Bonchev–Trinajstić information content (AvgIpc) is 2.51. The fourth-order valence-corrected chi connectivity index (χ4v) is 3.37. The summed E-state index contributed by atoms with van der Waals surface area (Å²) in [4.78, 5) is 0. The lowest BCUT2D eigenvalue weighted by Gasteiger charge is -2.34. The summed E-state index contributed by atoms with van der Waals surface area (Å²) < 4.78 is 0. The predicted octanol–water partition coefficient (Wildman–Crippen LogP) is 3.20. The molecule has 0 amide bonds. The van der Waals surface area contributed by atoms with Gasteiger partial charge in [-0.2, -0.15) is 0 Å². The van der Waals surface area contributed by atoms with Gasteiger partial charge in [0.1, 0.15) is 0 Å². The zero-order chi connectivity index (χ0) is 9.97. The SMILES string of the molecule is CNC(CC1CCC1)C1CCCC1C. The van der Waals surface area contributed by atoms with Crippen molar-refractivity contribution in [3.8, 4) is 0 Å². The van der Waals surface area contributed by atoms with Crippen LogP contribution in [-0.2, 0) is 0 Å². The van der Waals surface area contributed by atoms with Crippen LogP contribution >= 0.6 is 0 Å². The molecule has 0 heterocycles. The monoisotopic (exact) mass is 195 g/mol. The maximum absolute atomic E-state index is 3.57. The molecule has 1 nitrogen and oxygen atoms in total. The van der Waals surface area contributed by atoms with Crippen molar-refractivity contribution in [2.45, 2.75) is 57.9 Å². The standard InChI is InChI=1S/C13H25N/c1-10-5-3-8-12(10)13(14-2)9-11-6-4-7-11/h10-14H,3-9H2,1-2H3. The topological polar surface area (TPSA) is 12.0 Å². The van der Waals surface area contributed by atoms with Gasteiger partial charge in [0.15, 0.2) is 0 Å². The first-order chi connectivity index (χ1) is 6.81. The van der Waals surface area contributed by atoms with Crippen molar-refractivity contribution in [3.05, 3.63) is 0 Å². The molecule has 0 aromatic carbocycles. The summed E-state index contributed by atoms with van der Waals surface area (Å²) in [6, 6.07) is 0.817. The number of hydrogen-bond acceptors (Lipinski definition) is 1. The lowest BCUT2D eigenvalue weighted by Crippen LogP contribution is -2.37. The van der Waals surface area contributed by atoms with Crippen molar-refractivity contribution >= 4 is 0 Å². The van der Waals surface area contributed by atoms with Crippen molar-refractivity contribution in [1.29, 1.82) is 0 Å². The molecular formula is C13H25N. The second-order valence-corrected chi connectivity index (χ2v) is 5.50. The Hall–Kier alpha value is -0.0400. The molecule has 0 bridgehead atoms. The third-order valence-electron chi connectivity index (χ3n) is 4.63. The largest absolute Gasteiger partial charge is 0.317 e. The Labute approximate surface area is 88.7 Å². The van der Waals surface area contributed by atoms with Crippen LogP contribution < -0.4 is 5.32 Å². The number of hydrogen-bond donors (Lipinski definition) is 1. The smallest absolute Gasteiger partial charge is 0.00975 e. The van der Waals surface area contributed by atoms with Crippen molar-refractivity contribution in [1.82, 2.24) is 5.32 Å². The fraction of sp³-hybridized carbons (Fsp3) is 1.00. The third kappa shape index (κ3) is 2.13. The molecule has 2 fully saturated rings. The summed E-state index contributed by atoms with van der Waals surface area (Å²) in [5.74, 6) is 2.99. The maximum atomic E-state index is 3.57. The molecule has 0 aliphatic heterocycles. The van der Waals surface area contributed by atoms with Crippen LogP contribution in [0.5, 0.6) is 0 Å². The van der Waals surface area contributed by atoms with Gasteiger partial charge in [-0.05, 0) is 37.6 Å². The van der Waals surface area contributed by atoms with E-state index in [0.717, 1.165) is 23.8 Å². The van der Waals surface area contributed by atoms with Gasteiger partial charge in [0.25, 0.3) is 0 Å². The van der Waals surface area contributed by atoms with Crippen LogP contribution in [0.15, 0.2) is 0 Å². The van der Waals surface area contributed by atoms with E-state index in [0.29, 0.717) is 0 Å². The zero-order valence-electron chi connectivity index (χ0n) is 9.76. The van der Waals surface area contributed by atoms with Gasteiger partial charge >= 0.3 is 0 Å². The van der Waals surface area contributed by atoms with Gasteiger partial charge in [-0.1, -0.05) is 39.0 Å². The van der Waals surface area contributed by atoms with Crippen molar-refractivity contribution in [2.75, 3.05) is 7.05 Å². The maximum Gasteiger partial charge on any atom is 0.00975 e. The molecule has 2 rings (SSSR count). The molecular weight excluding hydrogens is 170 g/mol. The van der Waals surface area contributed by atoms with Gasteiger partial charge in [0.05, 0.1) is 0 Å². The summed E-state index contributed by atoms with van der Waals surface area (Å²) in [6.07, 6.45) is 10.3. The summed E-state index contributed by atoms with van der Waals surface area (Å²) in [7, 11) is 2.16. The van der Waals surface area contributed by atoms with Gasteiger partial charge in [-0.15, -0.1) is 0 Å². The van der Waals surface area contributed by atoms with E-state index in [1.54, 1.807) is 0 Å². The van der Waals surface area contributed by atoms with E-state index in [-0.39, 0.29) is 0 Å². The summed E-state index contributed by atoms with van der Waals surface area (Å²) in [6.45, 7) is 2.45. The van der Waals surface area contributed by atoms with E-state index in [1.165, 1.54) is 44.9 Å². The molecule has 2 aliphatic rings. The predicted molar refractivity (Wildman–Crippen MR) is 61.3 cm³/mol. The first-order valence-corrected chi connectivity index (χ1v) is 6.48. The quantitative estimate of drug-likeness (QED) is 0.726. The summed E-state index contributed by atoms with van der Waals surface area (Å²) in [5, 5.41) is 3.57. The second kappa shape index (κ2) is 4.65. The minimum absolute atomic E-state index is 0.817. The summed E-state index contributed by atoms with van der Waals surface area (Å²) in [5.41, 5.74) is 0. The Kier molecular flexibility index (Phi) is 3.48. The molecule has 0 radical (unpaired) electrons. The lowest BCUT2D eigenvalue weighted by atomic mass is 9.76. The normalized spacial score (nSPS) is 35.6. The highest BCUT2D eigenvalue weighted by molar-refractivity contribution is 4.87. The minimum Gasteiger partial charge on any atom is -0.317 e. The molecule has 2 aliphatic carbocycles. The van der Waals surface area contributed by atoms with Crippen LogP contribution in [0.2, 0.25) is 0 Å². The first kappa shape index (κ1) is 10.5. The molecule has 0 aromatic heterocycles. The van der Waals surface area contributed by atoms with Crippen molar-refractivity contribution in [2.24, 2.45) is 17.8 Å². The van der Waals surface area contributed by atoms with Crippen LogP contribution in [0, 0.1) is 17.8 Å². The Morgan fingerprint density at radius 1 is 1.14 bits per heavy atom. The van der Waals surface area contributed by atoms with Crippen molar-refractivity contribution in [3.63, 3.8) is 0 Å². The van der Waals surface area contributed by atoms with E-state index >= 15 is 0 Å². The van der Waals surface area contributed by atoms with E-state index < -0.39 is 0 Å². The van der Waals surface area contributed by atoms with E-state index in [4.69, 9.17) is 0 Å². The van der Waals surface area contributed by atoms with Gasteiger partial charge in [0.2, 0.25) is 0 Å². The molecule has 1 heteroatoms. The minimum atomic E-state index is 0.817. The Bertz CT molecular complexity index is 174. The van der Waals surface area contributed by atoms with Crippen LogP contribution in [0.25, 0.3) is 0 Å². The van der Waals surface area contributed by atoms with Crippen LogP contribution in [-0.4, -0.2) is 13.1 Å². The molecule has 0 spiro atoms. The molecule has 0 saturated heterocycles. The zero-order valence-corrected chi connectivity index (χ0v) is 9.76. The van der Waals surface area contributed by atoms with Crippen LogP contribution in [0.3, 0.4) is 0 Å². The lowest BCUT2D eigenvalue weighted by molar-refractivity contribution is 0.209. The highest BCUT2D eigenvalue weighted by Crippen LogP contribution is 2.38. The first-order valence-electron chi connectivity index (χ1n) is 6.48.